The molecule has 1 aromatic carbocycles. The van der Waals surface area contributed by atoms with Crippen LogP contribution in [-0.2, 0) is 13.1 Å². The van der Waals surface area contributed by atoms with E-state index in [0.717, 1.165) is 10.0 Å². The average Bonchev–Trinajstić information content (AvgIpc) is 2.85. The van der Waals surface area contributed by atoms with Gasteiger partial charge in [0.25, 0.3) is 5.91 Å². The Morgan fingerprint density at radius 3 is 3.05 bits per heavy atom. The molecule has 0 aliphatic rings. The first-order valence-corrected chi connectivity index (χ1v) is 6.73. The Morgan fingerprint density at radius 2 is 2.32 bits per heavy atom. The third-order valence-corrected chi connectivity index (χ3v) is 3.09. The summed E-state index contributed by atoms with van der Waals surface area (Å²) in [7, 11) is 0. The first kappa shape index (κ1) is 13.8. The normalized spacial score (nSPS) is 10.4. The lowest BCUT2D eigenvalue weighted by molar-refractivity contribution is 0.0946. The highest BCUT2D eigenvalue weighted by molar-refractivity contribution is 9.10. The minimum Gasteiger partial charge on any atom is -0.347 e. The lowest BCUT2D eigenvalue weighted by atomic mass is 10.2. The minimum absolute atomic E-state index is 0.184. The van der Waals surface area contributed by atoms with Crippen molar-refractivity contribution in [3.05, 3.63) is 52.5 Å². The van der Waals surface area contributed by atoms with Crippen molar-refractivity contribution >= 4 is 21.8 Å². The van der Waals surface area contributed by atoms with Crippen LogP contribution in [0.2, 0.25) is 0 Å². The fourth-order valence-electron chi connectivity index (χ4n) is 1.67. The number of rotatable bonds is 5. The molecule has 100 valence electrons. The maximum Gasteiger partial charge on any atom is 0.271 e. The fraction of sp³-hybridized carbons (Fsp3) is 0.231. The van der Waals surface area contributed by atoms with Crippen molar-refractivity contribution < 1.29 is 4.79 Å². The number of nitrogens with one attached hydrogen (secondary N) is 1. The average molecular weight is 323 g/mol. The van der Waals surface area contributed by atoms with Crippen LogP contribution < -0.4 is 11.1 Å². The van der Waals surface area contributed by atoms with Crippen molar-refractivity contribution in [3.63, 3.8) is 0 Å². The first-order valence-electron chi connectivity index (χ1n) is 5.93. The molecule has 6 heteroatoms. The SMILES string of the molecule is NCCn1cnc(C(=O)NCc2cccc(Br)c2)c1. The second kappa shape index (κ2) is 6.49. The van der Waals surface area contributed by atoms with Crippen LogP contribution in [0.4, 0.5) is 0 Å². The number of hydrogen-bond donors (Lipinski definition) is 2. The molecular formula is C13H15BrN4O. The number of nitrogens with two attached hydrogens (primary N) is 1. The Labute approximate surface area is 120 Å². The van der Waals surface area contributed by atoms with Crippen molar-refractivity contribution in [1.29, 1.82) is 0 Å². The molecule has 0 atom stereocenters. The summed E-state index contributed by atoms with van der Waals surface area (Å²) in [6.07, 6.45) is 3.31. The van der Waals surface area contributed by atoms with E-state index < -0.39 is 0 Å². The summed E-state index contributed by atoms with van der Waals surface area (Å²) in [5, 5.41) is 2.83. The zero-order valence-corrected chi connectivity index (χ0v) is 11.9. The van der Waals surface area contributed by atoms with Crippen LogP contribution in [0.15, 0.2) is 41.3 Å². The van der Waals surface area contributed by atoms with Gasteiger partial charge in [-0.05, 0) is 17.7 Å². The third kappa shape index (κ3) is 3.90. The summed E-state index contributed by atoms with van der Waals surface area (Å²) in [4.78, 5) is 15.9. The van der Waals surface area contributed by atoms with Crippen LogP contribution in [0.1, 0.15) is 16.1 Å². The Balaban J connectivity index is 1.93. The molecule has 3 N–H and O–H groups in total. The van der Waals surface area contributed by atoms with E-state index in [1.807, 2.05) is 24.3 Å². The summed E-state index contributed by atoms with van der Waals surface area (Å²) >= 11 is 3.39. The number of carbonyl (C=O) groups is 1. The largest absolute Gasteiger partial charge is 0.347 e. The van der Waals surface area contributed by atoms with Crippen molar-refractivity contribution in [1.82, 2.24) is 14.9 Å². The number of aromatic nitrogens is 2. The Kier molecular flexibility index (Phi) is 4.70. The number of carbonyl (C=O) groups excluding carboxylic acids is 1. The van der Waals surface area contributed by atoms with Crippen LogP contribution in [0, 0.1) is 0 Å². The summed E-state index contributed by atoms with van der Waals surface area (Å²) in [5.41, 5.74) is 6.88. The highest BCUT2D eigenvalue weighted by atomic mass is 79.9. The van der Waals surface area contributed by atoms with Crippen LogP contribution in [-0.4, -0.2) is 22.0 Å². The smallest absolute Gasteiger partial charge is 0.271 e. The molecule has 0 aliphatic heterocycles. The van der Waals surface area contributed by atoms with Gasteiger partial charge in [0.2, 0.25) is 0 Å². The van der Waals surface area contributed by atoms with Gasteiger partial charge in [-0.15, -0.1) is 0 Å². The maximum atomic E-state index is 11.9. The molecule has 19 heavy (non-hydrogen) atoms. The number of benzene rings is 1. The molecule has 0 fully saturated rings. The van der Waals surface area contributed by atoms with E-state index in [1.54, 1.807) is 17.1 Å². The van der Waals surface area contributed by atoms with Crippen molar-refractivity contribution in [2.45, 2.75) is 13.1 Å². The first-order chi connectivity index (χ1) is 9.19. The predicted molar refractivity (Wildman–Crippen MR) is 76.6 cm³/mol. The van der Waals surface area contributed by atoms with E-state index in [-0.39, 0.29) is 5.91 Å². The number of amides is 1. The summed E-state index contributed by atoms with van der Waals surface area (Å²) in [6, 6.07) is 7.80. The molecule has 2 rings (SSSR count). The van der Waals surface area contributed by atoms with E-state index in [9.17, 15) is 4.79 Å². The van der Waals surface area contributed by atoms with Gasteiger partial charge in [-0.3, -0.25) is 4.79 Å². The van der Waals surface area contributed by atoms with Gasteiger partial charge in [0.05, 0.1) is 6.33 Å². The van der Waals surface area contributed by atoms with E-state index >= 15 is 0 Å². The molecule has 0 bridgehead atoms. The van der Waals surface area contributed by atoms with Gasteiger partial charge < -0.3 is 15.6 Å². The van der Waals surface area contributed by atoms with E-state index in [4.69, 9.17) is 5.73 Å². The van der Waals surface area contributed by atoms with Crippen LogP contribution >= 0.6 is 15.9 Å². The fourth-order valence-corrected chi connectivity index (χ4v) is 2.12. The van der Waals surface area contributed by atoms with Crippen LogP contribution in [0.3, 0.4) is 0 Å². The van der Waals surface area contributed by atoms with Crippen molar-refractivity contribution in [3.8, 4) is 0 Å². The van der Waals surface area contributed by atoms with E-state index in [1.165, 1.54) is 0 Å². The molecule has 1 aromatic heterocycles. The van der Waals surface area contributed by atoms with Gasteiger partial charge in [-0.1, -0.05) is 28.1 Å². The lowest BCUT2D eigenvalue weighted by Crippen LogP contribution is -2.23. The molecule has 1 amide bonds. The number of halogens is 1. The van der Waals surface area contributed by atoms with Gasteiger partial charge in [-0.25, -0.2) is 4.98 Å². The quantitative estimate of drug-likeness (QED) is 0.876. The molecule has 0 saturated carbocycles. The molecule has 1 heterocycles. The maximum absolute atomic E-state index is 11.9. The molecular weight excluding hydrogens is 308 g/mol. The molecule has 0 spiro atoms. The molecule has 2 aromatic rings. The molecule has 0 radical (unpaired) electrons. The lowest BCUT2D eigenvalue weighted by Gasteiger charge is -2.03. The monoisotopic (exact) mass is 322 g/mol. The minimum atomic E-state index is -0.184. The zero-order chi connectivity index (χ0) is 13.7. The highest BCUT2D eigenvalue weighted by Crippen LogP contribution is 2.11. The number of nitrogens with zero attached hydrogens (tertiary/aromatic N) is 2. The standard InChI is InChI=1S/C13H15BrN4O/c14-11-3-1-2-10(6-11)7-16-13(19)12-8-18(5-4-15)9-17-12/h1-3,6,8-9H,4-5,7,15H2,(H,16,19). The number of imidazole rings is 1. The third-order valence-electron chi connectivity index (χ3n) is 2.60. The molecule has 0 saturated heterocycles. The molecule has 0 aliphatic carbocycles. The Bertz CT molecular complexity index is 567. The van der Waals surface area contributed by atoms with Crippen LogP contribution in [0.5, 0.6) is 0 Å². The predicted octanol–water partition coefficient (Wildman–Crippen LogP) is 1.53. The zero-order valence-electron chi connectivity index (χ0n) is 10.3. The summed E-state index contributed by atoms with van der Waals surface area (Å²) < 4.78 is 2.79. The number of hydrogen-bond acceptors (Lipinski definition) is 3. The molecule has 0 unspecified atom stereocenters. The van der Waals surface area contributed by atoms with Gasteiger partial charge in [0, 0.05) is 30.3 Å². The summed E-state index contributed by atoms with van der Waals surface area (Å²) in [6.45, 7) is 1.66. The second-order valence-corrected chi connectivity index (χ2v) is 5.01. The Morgan fingerprint density at radius 1 is 1.47 bits per heavy atom. The van der Waals surface area contributed by atoms with Crippen molar-refractivity contribution in [2.24, 2.45) is 5.73 Å². The second-order valence-electron chi connectivity index (χ2n) is 4.10. The topological polar surface area (TPSA) is 72.9 Å². The van der Waals surface area contributed by atoms with Gasteiger partial charge in [-0.2, -0.15) is 0 Å². The Hall–Kier alpha value is -1.66. The van der Waals surface area contributed by atoms with Gasteiger partial charge in [0.1, 0.15) is 5.69 Å². The molecule has 5 nitrogen and oxygen atoms in total. The highest BCUT2D eigenvalue weighted by Gasteiger charge is 2.08. The van der Waals surface area contributed by atoms with E-state index in [2.05, 4.69) is 26.2 Å². The van der Waals surface area contributed by atoms with Gasteiger partial charge >= 0.3 is 0 Å². The van der Waals surface area contributed by atoms with Crippen molar-refractivity contribution in [2.75, 3.05) is 6.54 Å². The van der Waals surface area contributed by atoms with Gasteiger partial charge in [0.15, 0.2) is 0 Å². The summed E-state index contributed by atoms with van der Waals surface area (Å²) in [5.74, 6) is -0.184. The van der Waals surface area contributed by atoms with E-state index in [0.29, 0.717) is 25.3 Å². The van der Waals surface area contributed by atoms with Crippen LogP contribution in [0.25, 0.3) is 0 Å².